The van der Waals surface area contributed by atoms with Gasteiger partial charge < -0.3 is 10.5 Å². The average molecular weight is 277 g/mol. The van der Waals surface area contributed by atoms with Crippen molar-refractivity contribution < 1.29 is 17.9 Å². The number of rotatable bonds is 4. The second kappa shape index (κ2) is 5.50. The van der Waals surface area contributed by atoms with E-state index in [1.165, 1.54) is 12.1 Å². The zero-order valence-corrected chi connectivity index (χ0v) is 10.4. The third kappa shape index (κ3) is 3.40. The lowest BCUT2D eigenvalue weighted by molar-refractivity contribution is -0.137. The second-order valence-corrected chi connectivity index (χ2v) is 5.55. The van der Waals surface area contributed by atoms with Crippen molar-refractivity contribution >= 4 is 11.8 Å². The maximum Gasteiger partial charge on any atom is 0.416 e. The van der Waals surface area contributed by atoms with Gasteiger partial charge in [0, 0.05) is 11.8 Å². The molecule has 1 aliphatic rings. The smallest absolute Gasteiger partial charge is 0.379 e. The Morgan fingerprint density at radius 3 is 2.33 bits per heavy atom. The summed E-state index contributed by atoms with van der Waals surface area (Å²) in [5.41, 5.74) is 6.03. The van der Waals surface area contributed by atoms with Gasteiger partial charge in [0.2, 0.25) is 0 Å². The molecule has 0 amide bonds. The molecular formula is C12H14F3NOS. The van der Waals surface area contributed by atoms with E-state index in [2.05, 4.69) is 0 Å². The summed E-state index contributed by atoms with van der Waals surface area (Å²) in [6.07, 6.45) is -4.29. The van der Waals surface area contributed by atoms with Crippen LogP contribution < -0.4 is 5.73 Å². The lowest BCUT2D eigenvalue weighted by Gasteiger charge is -2.26. The summed E-state index contributed by atoms with van der Waals surface area (Å²) in [5.74, 6) is 0.694. The monoisotopic (exact) mass is 277 g/mol. The van der Waals surface area contributed by atoms with Gasteiger partial charge in [-0.2, -0.15) is 24.9 Å². The predicted octanol–water partition coefficient (Wildman–Crippen LogP) is 2.84. The first-order valence-corrected chi connectivity index (χ1v) is 6.64. The summed E-state index contributed by atoms with van der Waals surface area (Å²) < 4.78 is 42.2. The zero-order chi connectivity index (χ0) is 13.2. The molecule has 1 aliphatic heterocycles. The van der Waals surface area contributed by atoms with Crippen LogP contribution in [0, 0.1) is 0 Å². The van der Waals surface area contributed by atoms with Crippen LogP contribution in [0.2, 0.25) is 0 Å². The molecule has 1 unspecified atom stereocenters. The molecule has 2 N–H and O–H groups in total. The van der Waals surface area contributed by atoms with Gasteiger partial charge in [0.15, 0.2) is 0 Å². The minimum absolute atomic E-state index is 0.238. The molecule has 0 aromatic heterocycles. The minimum atomic E-state index is -4.29. The van der Waals surface area contributed by atoms with E-state index in [1.807, 2.05) is 0 Å². The predicted molar refractivity (Wildman–Crippen MR) is 65.4 cm³/mol. The normalized spacial score (nSPS) is 18.4. The standard InChI is InChI=1S/C12H14F3NOS/c13-12(14,15)9-3-1-8(2-4-9)11(16)7-18-10-5-17-6-10/h1-4,10-11H,5-7,16H2. The van der Waals surface area contributed by atoms with Crippen LogP contribution in [-0.2, 0) is 10.9 Å². The summed E-state index contributed by atoms with van der Waals surface area (Å²) in [4.78, 5) is 0. The topological polar surface area (TPSA) is 35.2 Å². The fourth-order valence-corrected chi connectivity index (χ4v) is 2.62. The van der Waals surface area contributed by atoms with E-state index in [-0.39, 0.29) is 6.04 Å². The van der Waals surface area contributed by atoms with Crippen molar-refractivity contribution in [2.24, 2.45) is 5.73 Å². The van der Waals surface area contributed by atoms with E-state index >= 15 is 0 Å². The van der Waals surface area contributed by atoms with Crippen molar-refractivity contribution in [2.45, 2.75) is 17.5 Å². The van der Waals surface area contributed by atoms with Gasteiger partial charge >= 0.3 is 6.18 Å². The van der Waals surface area contributed by atoms with Gasteiger partial charge in [-0.15, -0.1) is 0 Å². The molecule has 100 valence electrons. The Bertz CT molecular complexity index is 389. The first-order chi connectivity index (χ1) is 8.47. The molecule has 1 aromatic rings. The van der Waals surface area contributed by atoms with Crippen LogP contribution in [0.15, 0.2) is 24.3 Å². The van der Waals surface area contributed by atoms with E-state index in [0.717, 1.165) is 30.9 Å². The second-order valence-electron chi connectivity index (χ2n) is 4.22. The molecule has 0 spiro atoms. The number of hydrogen-bond donors (Lipinski definition) is 1. The molecule has 18 heavy (non-hydrogen) atoms. The van der Waals surface area contributed by atoms with Crippen LogP contribution in [0.4, 0.5) is 13.2 Å². The fraction of sp³-hybridized carbons (Fsp3) is 0.500. The number of halogens is 3. The molecule has 0 saturated carbocycles. The third-order valence-corrected chi connectivity index (χ3v) is 4.08. The summed E-state index contributed by atoms with van der Waals surface area (Å²) >= 11 is 1.70. The summed E-state index contributed by atoms with van der Waals surface area (Å²) in [6, 6.07) is 4.81. The SMILES string of the molecule is NC(CSC1COC1)c1ccc(C(F)(F)F)cc1. The molecule has 0 aliphatic carbocycles. The van der Waals surface area contributed by atoms with Crippen molar-refractivity contribution in [2.75, 3.05) is 19.0 Å². The first-order valence-electron chi connectivity index (χ1n) is 5.59. The number of ether oxygens (including phenoxy) is 1. The van der Waals surface area contributed by atoms with Gasteiger partial charge in [-0.25, -0.2) is 0 Å². The van der Waals surface area contributed by atoms with Crippen LogP contribution in [0.5, 0.6) is 0 Å². The Labute approximate surface area is 108 Å². The van der Waals surface area contributed by atoms with Crippen molar-refractivity contribution in [3.63, 3.8) is 0 Å². The summed E-state index contributed by atoms with van der Waals surface area (Å²) in [5, 5.41) is 0.477. The van der Waals surface area contributed by atoms with E-state index in [9.17, 15) is 13.2 Å². The largest absolute Gasteiger partial charge is 0.416 e. The lowest BCUT2D eigenvalue weighted by atomic mass is 10.1. The Morgan fingerprint density at radius 1 is 1.28 bits per heavy atom. The molecular weight excluding hydrogens is 263 g/mol. The average Bonchev–Trinajstić information content (AvgIpc) is 2.26. The molecule has 2 nitrogen and oxygen atoms in total. The molecule has 1 atom stereocenters. The highest BCUT2D eigenvalue weighted by Gasteiger charge is 2.30. The first kappa shape index (κ1) is 13.7. The highest BCUT2D eigenvalue weighted by molar-refractivity contribution is 8.00. The zero-order valence-electron chi connectivity index (χ0n) is 9.61. The van der Waals surface area contributed by atoms with E-state index in [0.29, 0.717) is 11.0 Å². The molecule has 1 aromatic carbocycles. The summed E-state index contributed by atoms with van der Waals surface area (Å²) in [7, 11) is 0. The quantitative estimate of drug-likeness (QED) is 0.919. The van der Waals surface area contributed by atoms with Crippen molar-refractivity contribution in [3.05, 3.63) is 35.4 Å². The van der Waals surface area contributed by atoms with Crippen LogP contribution in [-0.4, -0.2) is 24.2 Å². The van der Waals surface area contributed by atoms with E-state index < -0.39 is 11.7 Å². The van der Waals surface area contributed by atoms with Crippen molar-refractivity contribution in [1.82, 2.24) is 0 Å². The van der Waals surface area contributed by atoms with Gasteiger partial charge in [0.05, 0.1) is 24.0 Å². The van der Waals surface area contributed by atoms with Gasteiger partial charge in [0.1, 0.15) is 0 Å². The van der Waals surface area contributed by atoms with Gasteiger partial charge in [-0.1, -0.05) is 12.1 Å². The Hall–Kier alpha value is -0.720. The molecule has 0 radical (unpaired) electrons. The fourth-order valence-electron chi connectivity index (χ4n) is 1.57. The highest BCUT2D eigenvalue weighted by atomic mass is 32.2. The minimum Gasteiger partial charge on any atom is -0.379 e. The number of alkyl halides is 3. The maximum atomic E-state index is 12.4. The number of hydrogen-bond acceptors (Lipinski definition) is 3. The molecule has 1 fully saturated rings. The van der Waals surface area contributed by atoms with E-state index in [1.54, 1.807) is 11.8 Å². The van der Waals surface area contributed by atoms with Gasteiger partial charge in [0.25, 0.3) is 0 Å². The van der Waals surface area contributed by atoms with Crippen molar-refractivity contribution in [3.8, 4) is 0 Å². The van der Waals surface area contributed by atoms with Crippen LogP contribution >= 0.6 is 11.8 Å². The van der Waals surface area contributed by atoms with Crippen molar-refractivity contribution in [1.29, 1.82) is 0 Å². The molecule has 0 bridgehead atoms. The molecule has 2 rings (SSSR count). The van der Waals surface area contributed by atoms with Gasteiger partial charge in [-0.3, -0.25) is 0 Å². The Kier molecular flexibility index (Phi) is 4.19. The summed E-state index contributed by atoms with van der Waals surface area (Å²) in [6.45, 7) is 1.48. The van der Waals surface area contributed by atoms with Crippen LogP contribution in [0.25, 0.3) is 0 Å². The maximum absolute atomic E-state index is 12.4. The third-order valence-electron chi connectivity index (χ3n) is 2.79. The molecule has 6 heteroatoms. The molecule has 1 saturated heterocycles. The Morgan fingerprint density at radius 2 is 1.89 bits per heavy atom. The number of nitrogens with two attached hydrogens (primary N) is 1. The van der Waals surface area contributed by atoms with E-state index in [4.69, 9.17) is 10.5 Å². The number of thioether (sulfide) groups is 1. The van der Waals surface area contributed by atoms with Gasteiger partial charge in [-0.05, 0) is 17.7 Å². The molecule has 1 heterocycles. The Balaban J connectivity index is 1.91. The van der Waals surface area contributed by atoms with Crippen LogP contribution in [0.3, 0.4) is 0 Å². The van der Waals surface area contributed by atoms with Crippen LogP contribution in [0.1, 0.15) is 17.2 Å². The lowest BCUT2D eigenvalue weighted by Crippen LogP contribution is -2.31. The highest BCUT2D eigenvalue weighted by Crippen LogP contribution is 2.30. The number of benzene rings is 1.